The maximum atomic E-state index is 11.9. The summed E-state index contributed by atoms with van der Waals surface area (Å²) in [7, 11) is 1.46. The number of rotatable bonds is 5. The summed E-state index contributed by atoms with van der Waals surface area (Å²) in [5, 5.41) is 5.62. The topological polar surface area (TPSA) is 67.4 Å². The molecule has 1 aromatic carbocycles. The Hall–Kier alpha value is -1.75. The lowest BCUT2D eigenvalue weighted by Crippen LogP contribution is -2.39. The first-order valence-corrected chi connectivity index (χ1v) is 6.23. The number of hydrogen-bond donors (Lipinski definition) is 2. The van der Waals surface area contributed by atoms with E-state index in [0.717, 1.165) is 0 Å². The summed E-state index contributed by atoms with van der Waals surface area (Å²) in [6.07, 6.45) is 0. The summed E-state index contributed by atoms with van der Waals surface area (Å²) < 4.78 is 5.07. The highest BCUT2D eigenvalue weighted by atomic mass is 35.5. The van der Waals surface area contributed by atoms with Crippen LogP contribution in [0.4, 0.5) is 0 Å². The number of carbonyl (C=O) groups is 2. The summed E-state index contributed by atoms with van der Waals surface area (Å²) in [5.74, 6) is -0.242. The van der Waals surface area contributed by atoms with Crippen molar-refractivity contribution in [3.63, 3.8) is 0 Å². The molecule has 0 heterocycles. The highest BCUT2D eigenvalue weighted by Crippen LogP contribution is 2.22. The molecule has 0 aliphatic carbocycles. The van der Waals surface area contributed by atoms with Gasteiger partial charge in [0, 0.05) is 11.1 Å². The van der Waals surface area contributed by atoms with E-state index in [4.69, 9.17) is 16.3 Å². The number of ether oxygens (including phenoxy) is 1. The zero-order chi connectivity index (χ0) is 14.4. The van der Waals surface area contributed by atoms with E-state index in [9.17, 15) is 9.59 Å². The van der Waals surface area contributed by atoms with Gasteiger partial charge in [0.05, 0.1) is 19.2 Å². The van der Waals surface area contributed by atoms with Crippen molar-refractivity contribution < 1.29 is 14.3 Å². The molecule has 0 spiro atoms. The summed E-state index contributed by atoms with van der Waals surface area (Å²) >= 11 is 5.83. The SMILES string of the molecule is COc1ccc(Cl)cc1C(=O)NCC(=O)NC(C)C. The third kappa shape index (κ3) is 4.79. The second-order valence-electron chi connectivity index (χ2n) is 4.25. The van der Waals surface area contributed by atoms with Crippen LogP contribution in [0.15, 0.2) is 18.2 Å². The average molecular weight is 285 g/mol. The molecule has 0 fully saturated rings. The summed E-state index contributed by atoms with van der Waals surface area (Å²) in [6.45, 7) is 3.60. The zero-order valence-electron chi connectivity index (χ0n) is 11.1. The Balaban J connectivity index is 2.68. The Morgan fingerprint density at radius 2 is 2.05 bits per heavy atom. The predicted octanol–water partition coefficient (Wildman–Crippen LogP) is 1.60. The van der Waals surface area contributed by atoms with Crippen LogP contribution in [0.1, 0.15) is 24.2 Å². The van der Waals surface area contributed by atoms with Gasteiger partial charge in [0.25, 0.3) is 5.91 Å². The fourth-order valence-electron chi connectivity index (χ4n) is 1.49. The van der Waals surface area contributed by atoms with Crippen LogP contribution >= 0.6 is 11.6 Å². The van der Waals surface area contributed by atoms with Gasteiger partial charge in [0.2, 0.25) is 5.91 Å². The number of nitrogens with one attached hydrogen (secondary N) is 2. The van der Waals surface area contributed by atoms with Crippen LogP contribution < -0.4 is 15.4 Å². The highest BCUT2D eigenvalue weighted by molar-refractivity contribution is 6.31. The molecule has 1 rings (SSSR count). The fraction of sp³-hybridized carbons (Fsp3) is 0.385. The van der Waals surface area contributed by atoms with Crippen molar-refractivity contribution >= 4 is 23.4 Å². The van der Waals surface area contributed by atoms with Gasteiger partial charge in [-0.05, 0) is 32.0 Å². The second kappa shape index (κ2) is 6.99. The van der Waals surface area contributed by atoms with Crippen LogP contribution in [-0.2, 0) is 4.79 Å². The molecule has 2 N–H and O–H groups in total. The number of methoxy groups -OCH3 is 1. The monoisotopic (exact) mass is 284 g/mol. The molecule has 0 saturated carbocycles. The predicted molar refractivity (Wildman–Crippen MR) is 73.6 cm³/mol. The molecule has 6 heteroatoms. The Morgan fingerprint density at radius 3 is 2.63 bits per heavy atom. The van der Waals surface area contributed by atoms with E-state index in [-0.39, 0.29) is 18.5 Å². The van der Waals surface area contributed by atoms with Gasteiger partial charge >= 0.3 is 0 Å². The van der Waals surface area contributed by atoms with Crippen molar-refractivity contribution in [2.75, 3.05) is 13.7 Å². The van der Waals surface area contributed by atoms with E-state index in [0.29, 0.717) is 16.3 Å². The summed E-state index contributed by atoms with van der Waals surface area (Å²) in [4.78, 5) is 23.4. The Morgan fingerprint density at radius 1 is 1.37 bits per heavy atom. The molecule has 0 aliphatic heterocycles. The lowest BCUT2D eigenvalue weighted by molar-refractivity contribution is -0.120. The van der Waals surface area contributed by atoms with E-state index in [2.05, 4.69) is 10.6 Å². The number of benzene rings is 1. The molecule has 0 atom stereocenters. The van der Waals surface area contributed by atoms with Crippen molar-refractivity contribution in [3.05, 3.63) is 28.8 Å². The molecule has 0 radical (unpaired) electrons. The van der Waals surface area contributed by atoms with Crippen LogP contribution in [-0.4, -0.2) is 31.5 Å². The van der Waals surface area contributed by atoms with Gasteiger partial charge in [-0.1, -0.05) is 11.6 Å². The van der Waals surface area contributed by atoms with Crippen LogP contribution in [0.25, 0.3) is 0 Å². The lowest BCUT2D eigenvalue weighted by Gasteiger charge is -2.11. The van der Waals surface area contributed by atoms with Gasteiger partial charge < -0.3 is 15.4 Å². The fourth-order valence-corrected chi connectivity index (χ4v) is 1.66. The standard InChI is InChI=1S/C13H17ClN2O3/c1-8(2)16-12(17)7-15-13(18)10-6-9(14)4-5-11(10)19-3/h4-6,8H,7H2,1-3H3,(H,15,18)(H,16,17). The van der Waals surface area contributed by atoms with Gasteiger partial charge in [0.15, 0.2) is 0 Å². The van der Waals surface area contributed by atoms with Crippen molar-refractivity contribution in [2.45, 2.75) is 19.9 Å². The van der Waals surface area contributed by atoms with E-state index >= 15 is 0 Å². The van der Waals surface area contributed by atoms with Crippen molar-refractivity contribution in [1.82, 2.24) is 10.6 Å². The third-order valence-electron chi connectivity index (χ3n) is 2.27. The first-order valence-electron chi connectivity index (χ1n) is 5.85. The molecule has 0 saturated heterocycles. The Bertz CT molecular complexity index is 475. The molecule has 0 bridgehead atoms. The molecule has 104 valence electrons. The van der Waals surface area contributed by atoms with Crippen LogP contribution in [0.3, 0.4) is 0 Å². The highest BCUT2D eigenvalue weighted by Gasteiger charge is 2.14. The number of halogens is 1. The maximum absolute atomic E-state index is 11.9. The van der Waals surface area contributed by atoms with Gasteiger partial charge in [-0.25, -0.2) is 0 Å². The van der Waals surface area contributed by atoms with Crippen molar-refractivity contribution in [2.24, 2.45) is 0 Å². The molecule has 19 heavy (non-hydrogen) atoms. The second-order valence-corrected chi connectivity index (χ2v) is 4.69. The minimum Gasteiger partial charge on any atom is -0.496 e. The zero-order valence-corrected chi connectivity index (χ0v) is 11.9. The molecule has 5 nitrogen and oxygen atoms in total. The van der Waals surface area contributed by atoms with Crippen LogP contribution in [0.5, 0.6) is 5.75 Å². The smallest absolute Gasteiger partial charge is 0.255 e. The number of amides is 2. The molecular weight excluding hydrogens is 268 g/mol. The van der Waals surface area contributed by atoms with Crippen LogP contribution in [0.2, 0.25) is 5.02 Å². The van der Waals surface area contributed by atoms with Gasteiger partial charge in [-0.15, -0.1) is 0 Å². The van der Waals surface area contributed by atoms with Gasteiger partial charge in [0.1, 0.15) is 5.75 Å². The van der Waals surface area contributed by atoms with E-state index in [1.54, 1.807) is 12.1 Å². The largest absolute Gasteiger partial charge is 0.496 e. The molecular formula is C13H17ClN2O3. The Kier molecular flexibility index (Phi) is 5.63. The Labute approximate surface area is 117 Å². The molecule has 0 aliphatic rings. The normalized spacial score (nSPS) is 10.2. The molecule has 0 aromatic heterocycles. The maximum Gasteiger partial charge on any atom is 0.255 e. The van der Waals surface area contributed by atoms with Crippen LogP contribution in [0, 0.1) is 0 Å². The van der Waals surface area contributed by atoms with Crippen molar-refractivity contribution in [3.8, 4) is 5.75 Å². The minimum absolute atomic E-state index is 0.0325. The van der Waals surface area contributed by atoms with Gasteiger partial charge in [-0.2, -0.15) is 0 Å². The first-order chi connectivity index (χ1) is 8.93. The molecule has 0 unspecified atom stereocenters. The first kappa shape index (κ1) is 15.3. The van der Waals surface area contributed by atoms with E-state index in [1.165, 1.54) is 13.2 Å². The quantitative estimate of drug-likeness (QED) is 0.863. The molecule has 2 amide bonds. The lowest BCUT2D eigenvalue weighted by atomic mass is 10.2. The summed E-state index contributed by atoms with van der Waals surface area (Å²) in [5.41, 5.74) is 0.298. The summed E-state index contributed by atoms with van der Waals surface area (Å²) in [6, 6.07) is 4.76. The van der Waals surface area contributed by atoms with Gasteiger partial charge in [-0.3, -0.25) is 9.59 Å². The third-order valence-corrected chi connectivity index (χ3v) is 2.50. The van der Waals surface area contributed by atoms with E-state index in [1.807, 2.05) is 13.8 Å². The average Bonchev–Trinajstić information content (AvgIpc) is 2.35. The number of hydrogen-bond acceptors (Lipinski definition) is 3. The number of carbonyl (C=O) groups excluding carboxylic acids is 2. The van der Waals surface area contributed by atoms with E-state index < -0.39 is 5.91 Å². The minimum atomic E-state index is -0.404. The molecule has 1 aromatic rings. The van der Waals surface area contributed by atoms with Crippen molar-refractivity contribution in [1.29, 1.82) is 0 Å².